The maximum atomic E-state index is 13.4. The van der Waals surface area contributed by atoms with Crippen LogP contribution in [0.1, 0.15) is 87.5 Å². The minimum Gasteiger partial charge on any atom is -0.307 e. The lowest BCUT2D eigenvalue weighted by Crippen LogP contribution is -2.13. The number of nitrogens with one attached hydrogen (secondary N) is 1. The molecule has 0 aliphatic carbocycles. The second kappa shape index (κ2) is 19.6. The number of alkyl halides is 2. The van der Waals surface area contributed by atoms with Crippen molar-refractivity contribution in [3.63, 3.8) is 0 Å². The molecular weight excluding hydrogens is 442 g/mol. The van der Waals surface area contributed by atoms with Gasteiger partial charge >= 0.3 is 0 Å². The average molecular weight is 489 g/mol. The van der Waals surface area contributed by atoms with Gasteiger partial charge < -0.3 is 5.43 Å². The van der Waals surface area contributed by atoms with Gasteiger partial charge in [-0.2, -0.15) is 5.10 Å². The molecule has 1 aliphatic rings. The summed E-state index contributed by atoms with van der Waals surface area (Å²) in [5.74, 6) is -2.51. The molecule has 0 bridgehead atoms. The Kier molecular flexibility index (Phi) is 19.2. The van der Waals surface area contributed by atoms with E-state index in [4.69, 9.17) is 0 Å². The smallest absolute Gasteiger partial charge is 0.270 e. The molecule has 1 rings (SSSR count). The van der Waals surface area contributed by atoms with Crippen LogP contribution in [0, 0.1) is 18.8 Å². The highest BCUT2D eigenvalue weighted by atomic mass is 19.3. The Morgan fingerprint density at radius 2 is 1.74 bits per heavy atom. The molecule has 1 heterocycles. The minimum absolute atomic E-state index is 0.00100. The number of carbonyl (C=O) groups excluding carboxylic acids is 1. The molecule has 0 saturated heterocycles. The fourth-order valence-corrected chi connectivity index (χ4v) is 3.59. The molecule has 3 nitrogen and oxygen atoms in total. The molecule has 0 aromatic carbocycles. The van der Waals surface area contributed by atoms with Crippen LogP contribution in [-0.2, 0) is 4.79 Å². The van der Waals surface area contributed by atoms with E-state index in [2.05, 4.69) is 49.4 Å². The van der Waals surface area contributed by atoms with Gasteiger partial charge in [0.25, 0.3) is 5.92 Å². The molecule has 1 N–H and O–H groups in total. The van der Waals surface area contributed by atoms with Crippen LogP contribution in [0.5, 0.6) is 0 Å². The van der Waals surface area contributed by atoms with E-state index >= 15 is 0 Å². The summed E-state index contributed by atoms with van der Waals surface area (Å²) in [6.45, 7) is 14.5. The predicted molar refractivity (Wildman–Crippen MR) is 149 cm³/mol. The van der Waals surface area contributed by atoms with Crippen molar-refractivity contribution in [1.29, 1.82) is 0 Å². The maximum absolute atomic E-state index is 13.4. The summed E-state index contributed by atoms with van der Waals surface area (Å²) in [6, 6.07) is 0.486. The van der Waals surface area contributed by atoms with E-state index in [9.17, 15) is 13.6 Å². The normalized spacial score (nSPS) is 17.8. The molecule has 5 heteroatoms. The zero-order valence-corrected chi connectivity index (χ0v) is 23.0. The SMILES string of the molecule is C#C.C/C=C\C(=C/C)C1=NNC(C)C1.C\C=C(/C=C\C(=C/C)C(C)(F)F)C(CCC)CC(=O)CC. The molecule has 2 atom stereocenters. The molecule has 2 unspecified atom stereocenters. The first-order valence-corrected chi connectivity index (χ1v) is 12.4. The lowest BCUT2D eigenvalue weighted by Gasteiger charge is -2.17. The van der Waals surface area contributed by atoms with Gasteiger partial charge in [0.05, 0.1) is 5.71 Å². The van der Waals surface area contributed by atoms with Crippen LogP contribution in [0.3, 0.4) is 0 Å². The van der Waals surface area contributed by atoms with Gasteiger partial charge in [0, 0.05) is 37.8 Å². The third-order valence-electron chi connectivity index (χ3n) is 5.49. The molecule has 0 radical (unpaired) electrons. The molecule has 0 aromatic rings. The van der Waals surface area contributed by atoms with Crippen molar-refractivity contribution < 1.29 is 13.6 Å². The number of Topliss-reactive ketones (excluding diaryl/α,β-unsaturated/α-hetero) is 1. The Morgan fingerprint density at radius 3 is 2.11 bits per heavy atom. The number of ketones is 1. The van der Waals surface area contributed by atoms with E-state index in [1.165, 1.54) is 23.4 Å². The molecule has 196 valence electrons. The lowest BCUT2D eigenvalue weighted by atomic mass is 9.88. The third kappa shape index (κ3) is 14.3. The van der Waals surface area contributed by atoms with Gasteiger partial charge in [-0.05, 0) is 58.1 Å². The highest BCUT2D eigenvalue weighted by Gasteiger charge is 2.25. The molecule has 1 aliphatic heterocycles. The number of nitrogens with zero attached hydrogens (tertiary/aromatic N) is 1. The number of hydrogen-bond acceptors (Lipinski definition) is 3. The van der Waals surface area contributed by atoms with Crippen LogP contribution in [0.25, 0.3) is 0 Å². The van der Waals surface area contributed by atoms with Crippen LogP contribution in [0.15, 0.2) is 64.4 Å². The quantitative estimate of drug-likeness (QED) is 0.234. The summed E-state index contributed by atoms with van der Waals surface area (Å²) < 4.78 is 26.7. The Hall–Kier alpha value is -2.74. The second-order valence-electron chi connectivity index (χ2n) is 8.37. The number of carbonyl (C=O) groups is 1. The summed E-state index contributed by atoms with van der Waals surface area (Å²) in [5, 5.41) is 4.25. The predicted octanol–water partition coefficient (Wildman–Crippen LogP) is 8.37. The van der Waals surface area contributed by atoms with Gasteiger partial charge in [-0.15, -0.1) is 12.8 Å². The largest absolute Gasteiger partial charge is 0.307 e. The second-order valence-corrected chi connectivity index (χ2v) is 8.37. The van der Waals surface area contributed by atoms with E-state index in [0.717, 1.165) is 31.8 Å². The van der Waals surface area contributed by atoms with E-state index in [1.54, 1.807) is 13.0 Å². The summed E-state index contributed by atoms with van der Waals surface area (Å²) in [6.07, 6.45) is 24.7. The van der Waals surface area contributed by atoms with Crippen molar-refractivity contribution in [3.05, 3.63) is 59.3 Å². The molecule has 0 saturated carbocycles. The van der Waals surface area contributed by atoms with Crippen molar-refractivity contribution in [2.24, 2.45) is 11.0 Å². The number of rotatable bonds is 11. The van der Waals surface area contributed by atoms with Gasteiger partial charge in [-0.3, -0.25) is 4.79 Å². The highest BCUT2D eigenvalue weighted by molar-refractivity contribution is 6.03. The third-order valence-corrected chi connectivity index (χ3v) is 5.49. The monoisotopic (exact) mass is 488 g/mol. The standard InChI is InChI=1S/C18H28F2O.C10H16N2.C2H2/c1-6-10-15(13-17(21)9-4)14(7-2)11-12-16(8-3)18(5,19)20;1-4-6-9(5-2)10-7-8(3)11-12-10;1-2/h7-8,11-12,15H,6,9-10,13H2,1-5H3;4-6,8,11H,7H2,1-3H3;1-2H/b12-11-,14-7+,16-8+;6-4-,9-5+;. The first-order valence-electron chi connectivity index (χ1n) is 12.4. The van der Waals surface area contributed by atoms with Crippen molar-refractivity contribution >= 4 is 11.5 Å². The number of terminal acetylenes is 1. The average Bonchev–Trinajstić information content (AvgIpc) is 3.26. The molecule has 0 amide bonds. The van der Waals surface area contributed by atoms with Gasteiger partial charge in [0.15, 0.2) is 0 Å². The van der Waals surface area contributed by atoms with Gasteiger partial charge in [-0.1, -0.05) is 62.8 Å². The number of halogens is 2. The number of allylic oxidation sites excluding steroid dienone is 10. The van der Waals surface area contributed by atoms with Gasteiger partial charge in [0.1, 0.15) is 5.78 Å². The molecule has 0 fully saturated rings. The Morgan fingerprint density at radius 1 is 1.11 bits per heavy atom. The van der Waals surface area contributed by atoms with E-state index in [0.29, 0.717) is 18.9 Å². The van der Waals surface area contributed by atoms with Crippen LogP contribution >= 0.6 is 0 Å². The van der Waals surface area contributed by atoms with Gasteiger partial charge in [0.2, 0.25) is 0 Å². The van der Waals surface area contributed by atoms with Crippen LogP contribution < -0.4 is 5.43 Å². The number of hydrazone groups is 1. The zero-order valence-electron chi connectivity index (χ0n) is 23.0. The lowest BCUT2D eigenvalue weighted by molar-refractivity contribution is -0.119. The summed E-state index contributed by atoms with van der Waals surface area (Å²) in [7, 11) is 0. The Labute approximate surface area is 213 Å². The topological polar surface area (TPSA) is 41.5 Å². The summed E-state index contributed by atoms with van der Waals surface area (Å²) in [4.78, 5) is 11.7. The summed E-state index contributed by atoms with van der Waals surface area (Å²) in [5.41, 5.74) is 6.42. The zero-order chi connectivity index (χ0) is 27.4. The van der Waals surface area contributed by atoms with Crippen molar-refractivity contribution in [2.45, 2.75) is 99.5 Å². The van der Waals surface area contributed by atoms with E-state index in [-0.39, 0.29) is 17.3 Å². The van der Waals surface area contributed by atoms with Crippen molar-refractivity contribution in [3.8, 4) is 12.8 Å². The first-order chi connectivity index (χ1) is 16.6. The van der Waals surface area contributed by atoms with E-state index < -0.39 is 5.92 Å². The molecular formula is C30H46F2N2O. The Balaban J connectivity index is 0. The van der Waals surface area contributed by atoms with Crippen LogP contribution in [0.2, 0.25) is 0 Å². The number of hydrogen-bond donors (Lipinski definition) is 1. The Bertz CT molecular complexity index is 821. The highest BCUT2D eigenvalue weighted by Crippen LogP contribution is 2.27. The fraction of sp³-hybridized carbons (Fsp3) is 0.533. The minimum atomic E-state index is -2.84. The summed E-state index contributed by atoms with van der Waals surface area (Å²) >= 11 is 0. The van der Waals surface area contributed by atoms with Crippen molar-refractivity contribution in [1.82, 2.24) is 5.43 Å². The van der Waals surface area contributed by atoms with Crippen LogP contribution in [-0.4, -0.2) is 23.5 Å². The fourth-order valence-electron chi connectivity index (χ4n) is 3.59. The maximum Gasteiger partial charge on any atom is 0.270 e. The van der Waals surface area contributed by atoms with Gasteiger partial charge in [-0.25, -0.2) is 8.78 Å². The molecule has 0 aromatic heterocycles. The first kappa shape index (κ1) is 34.4. The van der Waals surface area contributed by atoms with E-state index in [1.807, 2.05) is 39.8 Å². The van der Waals surface area contributed by atoms with Crippen molar-refractivity contribution in [2.75, 3.05) is 0 Å². The molecule has 35 heavy (non-hydrogen) atoms. The van der Waals surface area contributed by atoms with Crippen LogP contribution in [0.4, 0.5) is 8.78 Å². The molecule has 0 spiro atoms.